The Morgan fingerprint density at radius 2 is 1.82 bits per heavy atom. The average molecular weight is 248 g/mol. The number of hydrogen-bond donors (Lipinski definition) is 0. The smallest absolute Gasteiger partial charge is 0.416 e. The van der Waals surface area contributed by atoms with Gasteiger partial charge in [0, 0.05) is 0 Å². The standard InChI is InChI=1S/C11H11F3O3/c1-6-8(10(15)17-3)4-7(16-2)5-9(6)11(12,13)14/h4-5H,1-3H3. The molecule has 0 heterocycles. The van der Waals surface area contributed by atoms with E-state index in [-0.39, 0.29) is 16.9 Å². The van der Waals surface area contributed by atoms with Crippen LogP contribution in [0.1, 0.15) is 21.5 Å². The van der Waals surface area contributed by atoms with Crippen molar-refractivity contribution in [1.29, 1.82) is 0 Å². The molecule has 0 saturated heterocycles. The lowest BCUT2D eigenvalue weighted by molar-refractivity contribution is -0.138. The Labute approximate surface area is 96.1 Å². The van der Waals surface area contributed by atoms with Crippen molar-refractivity contribution in [3.8, 4) is 5.75 Å². The topological polar surface area (TPSA) is 35.5 Å². The molecule has 0 N–H and O–H groups in total. The highest BCUT2D eigenvalue weighted by molar-refractivity contribution is 5.92. The van der Waals surface area contributed by atoms with Crippen molar-refractivity contribution in [3.05, 3.63) is 28.8 Å². The second-order valence-electron chi connectivity index (χ2n) is 3.34. The molecule has 0 aliphatic heterocycles. The molecule has 94 valence electrons. The van der Waals surface area contributed by atoms with Crippen LogP contribution in [0.4, 0.5) is 13.2 Å². The number of halogens is 3. The van der Waals surface area contributed by atoms with Crippen molar-refractivity contribution in [3.63, 3.8) is 0 Å². The van der Waals surface area contributed by atoms with Crippen molar-refractivity contribution < 1.29 is 27.4 Å². The molecule has 0 aliphatic rings. The molecule has 1 aromatic carbocycles. The SMILES string of the molecule is COC(=O)c1cc(OC)cc(C(F)(F)F)c1C. The molecular weight excluding hydrogens is 237 g/mol. The van der Waals surface area contributed by atoms with Crippen molar-refractivity contribution in [2.24, 2.45) is 0 Å². The van der Waals surface area contributed by atoms with Crippen LogP contribution in [0, 0.1) is 6.92 Å². The molecule has 0 saturated carbocycles. The number of carbonyl (C=O) groups is 1. The van der Waals surface area contributed by atoms with Gasteiger partial charge in [-0.1, -0.05) is 0 Å². The largest absolute Gasteiger partial charge is 0.497 e. The van der Waals surface area contributed by atoms with Crippen LogP contribution in [0.15, 0.2) is 12.1 Å². The third-order valence-corrected chi connectivity index (χ3v) is 2.33. The summed E-state index contributed by atoms with van der Waals surface area (Å²) < 4.78 is 47.3. The van der Waals surface area contributed by atoms with Crippen LogP contribution in [-0.4, -0.2) is 20.2 Å². The lowest BCUT2D eigenvalue weighted by Gasteiger charge is -2.14. The Hall–Kier alpha value is -1.72. The molecule has 0 aliphatic carbocycles. The Balaban J connectivity index is 3.47. The van der Waals surface area contributed by atoms with Gasteiger partial charge in [-0.3, -0.25) is 0 Å². The molecule has 0 fully saturated rings. The van der Waals surface area contributed by atoms with Crippen LogP contribution >= 0.6 is 0 Å². The Bertz CT molecular complexity index is 438. The first-order valence-electron chi connectivity index (χ1n) is 4.65. The second kappa shape index (κ2) is 4.65. The molecule has 1 rings (SSSR count). The number of hydrogen-bond acceptors (Lipinski definition) is 3. The number of carbonyl (C=O) groups excluding carboxylic acids is 1. The molecule has 1 aromatic rings. The lowest BCUT2D eigenvalue weighted by atomic mass is 10.0. The molecule has 0 amide bonds. The van der Waals surface area contributed by atoms with E-state index in [1.807, 2.05) is 0 Å². The van der Waals surface area contributed by atoms with E-state index in [1.54, 1.807) is 0 Å². The van der Waals surface area contributed by atoms with E-state index in [1.165, 1.54) is 20.1 Å². The molecule has 0 bridgehead atoms. The molecule has 0 spiro atoms. The van der Waals surface area contributed by atoms with Crippen LogP contribution in [0.5, 0.6) is 5.75 Å². The number of benzene rings is 1. The Morgan fingerprint density at radius 3 is 2.24 bits per heavy atom. The number of methoxy groups -OCH3 is 2. The zero-order valence-electron chi connectivity index (χ0n) is 9.51. The summed E-state index contributed by atoms with van der Waals surface area (Å²) >= 11 is 0. The molecule has 0 radical (unpaired) electrons. The van der Waals surface area contributed by atoms with Gasteiger partial charge < -0.3 is 9.47 Å². The summed E-state index contributed by atoms with van der Waals surface area (Å²) in [7, 11) is 2.33. The molecule has 0 atom stereocenters. The van der Waals surface area contributed by atoms with Crippen LogP contribution in [0.3, 0.4) is 0 Å². The van der Waals surface area contributed by atoms with E-state index >= 15 is 0 Å². The van der Waals surface area contributed by atoms with Crippen LogP contribution in [-0.2, 0) is 10.9 Å². The summed E-state index contributed by atoms with van der Waals surface area (Å²) in [5.41, 5.74) is -1.23. The number of ether oxygens (including phenoxy) is 2. The van der Waals surface area contributed by atoms with Gasteiger partial charge in [-0.2, -0.15) is 13.2 Å². The first-order valence-corrected chi connectivity index (χ1v) is 4.65. The summed E-state index contributed by atoms with van der Waals surface area (Å²) in [4.78, 5) is 11.3. The summed E-state index contributed by atoms with van der Waals surface area (Å²) in [6, 6.07) is 2.07. The quantitative estimate of drug-likeness (QED) is 0.755. The molecule has 0 unspecified atom stereocenters. The minimum absolute atomic E-state index is 0.0386. The van der Waals surface area contributed by atoms with Crippen LogP contribution < -0.4 is 4.74 Å². The fourth-order valence-electron chi connectivity index (χ4n) is 1.42. The highest BCUT2D eigenvalue weighted by atomic mass is 19.4. The number of rotatable bonds is 2. The van der Waals surface area contributed by atoms with Gasteiger partial charge in [0.1, 0.15) is 5.75 Å². The van der Waals surface area contributed by atoms with Gasteiger partial charge in [-0.25, -0.2) is 4.79 Å². The van der Waals surface area contributed by atoms with Gasteiger partial charge in [0.05, 0.1) is 25.3 Å². The van der Waals surface area contributed by atoms with Gasteiger partial charge in [0.15, 0.2) is 0 Å². The highest BCUT2D eigenvalue weighted by Crippen LogP contribution is 2.36. The third-order valence-electron chi connectivity index (χ3n) is 2.33. The average Bonchev–Trinajstić information content (AvgIpc) is 2.26. The van der Waals surface area contributed by atoms with E-state index in [0.29, 0.717) is 0 Å². The molecule has 3 nitrogen and oxygen atoms in total. The van der Waals surface area contributed by atoms with E-state index in [0.717, 1.165) is 13.2 Å². The molecule has 6 heteroatoms. The first kappa shape index (κ1) is 13.3. The number of alkyl halides is 3. The third kappa shape index (κ3) is 2.69. The van der Waals surface area contributed by atoms with E-state index in [4.69, 9.17) is 4.74 Å². The summed E-state index contributed by atoms with van der Waals surface area (Å²) in [6.45, 7) is 1.22. The predicted molar refractivity (Wildman–Crippen MR) is 54.1 cm³/mol. The normalized spacial score (nSPS) is 11.2. The summed E-state index contributed by atoms with van der Waals surface area (Å²) in [6.07, 6.45) is -4.54. The van der Waals surface area contributed by atoms with E-state index in [2.05, 4.69) is 4.74 Å². The monoisotopic (exact) mass is 248 g/mol. The van der Waals surface area contributed by atoms with Crippen LogP contribution in [0.25, 0.3) is 0 Å². The lowest BCUT2D eigenvalue weighted by Crippen LogP contribution is -2.13. The summed E-state index contributed by atoms with van der Waals surface area (Å²) in [5, 5.41) is 0. The maximum absolute atomic E-state index is 12.7. The first-order chi connectivity index (χ1) is 7.81. The minimum Gasteiger partial charge on any atom is -0.497 e. The van der Waals surface area contributed by atoms with Crippen LogP contribution in [0.2, 0.25) is 0 Å². The van der Waals surface area contributed by atoms with Crippen molar-refractivity contribution in [2.45, 2.75) is 13.1 Å². The number of esters is 1. The molecule has 17 heavy (non-hydrogen) atoms. The van der Waals surface area contributed by atoms with Gasteiger partial charge in [0.25, 0.3) is 0 Å². The van der Waals surface area contributed by atoms with Gasteiger partial charge in [0.2, 0.25) is 0 Å². The minimum atomic E-state index is -4.54. The summed E-state index contributed by atoms with van der Waals surface area (Å²) in [5.74, 6) is -0.866. The van der Waals surface area contributed by atoms with E-state index < -0.39 is 17.7 Å². The van der Waals surface area contributed by atoms with Crippen molar-refractivity contribution in [1.82, 2.24) is 0 Å². The fourth-order valence-corrected chi connectivity index (χ4v) is 1.42. The zero-order chi connectivity index (χ0) is 13.2. The van der Waals surface area contributed by atoms with Crippen molar-refractivity contribution in [2.75, 3.05) is 14.2 Å². The van der Waals surface area contributed by atoms with Crippen molar-refractivity contribution >= 4 is 5.97 Å². The van der Waals surface area contributed by atoms with Gasteiger partial charge in [-0.05, 0) is 24.6 Å². The maximum Gasteiger partial charge on any atom is 0.416 e. The Morgan fingerprint density at radius 1 is 1.24 bits per heavy atom. The Kier molecular flexibility index (Phi) is 3.65. The van der Waals surface area contributed by atoms with Gasteiger partial charge >= 0.3 is 12.1 Å². The molecule has 0 aromatic heterocycles. The van der Waals surface area contributed by atoms with E-state index in [9.17, 15) is 18.0 Å². The van der Waals surface area contributed by atoms with Gasteiger partial charge in [-0.15, -0.1) is 0 Å². The maximum atomic E-state index is 12.7. The molecular formula is C11H11F3O3. The fraction of sp³-hybridized carbons (Fsp3) is 0.364. The second-order valence-corrected chi connectivity index (χ2v) is 3.34. The zero-order valence-corrected chi connectivity index (χ0v) is 9.51. The predicted octanol–water partition coefficient (Wildman–Crippen LogP) is 2.81. The highest BCUT2D eigenvalue weighted by Gasteiger charge is 2.34.